The van der Waals surface area contributed by atoms with Crippen LogP contribution in [0, 0.1) is 0 Å². The molecule has 0 saturated carbocycles. The Morgan fingerprint density at radius 2 is 1.73 bits per heavy atom. The number of hydrogen-bond donors (Lipinski definition) is 1. The molecule has 140 valence electrons. The van der Waals surface area contributed by atoms with Gasteiger partial charge in [-0.05, 0) is 55.7 Å². The van der Waals surface area contributed by atoms with E-state index in [0.717, 1.165) is 16.9 Å². The summed E-state index contributed by atoms with van der Waals surface area (Å²) in [5, 5.41) is 3.03. The van der Waals surface area contributed by atoms with Gasteiger partial charge in [0.25, 0.3) is 0 Å². The lowest BCUT2D eigenvalue weighted by molar-refractivity contribution is -0.121. The number of ether oxygens (including phenoxy) is 3. The average Bonchev–Trinajstić information content (AvgIpc) is 2.67. The molecule has 0 aromatic heterocycles. The van der Waals surface area contributed by atoms with Crippen LogP contribution in [0.5, 0.6) is 17.2 Å². The molecule has 2 aromatic rings. The fourth-order valence-electron chi connectivity index (χ4n) is 2.70. The second kappa shape index (κ2) is 9.70. The summed E-state index contributed by atoms with van der Waals surface area (Å²) in [6, 6.07) is 13.4. The smallest absolute Gasteiger partial charge is 0.220 e. The highest BCUT2D eigenvalue weighted by atomic mass is 16.5. The van der Waals surface area contributed by atoms with E-state index < -0.39 is 0 Å². The molecule has 1 N–H and O–H groups in total. The number of hydrogen-bond acceptors (Lipinski definition) is 4. The van der Waals surface area contributed by atoms with Gasteiger partial charge in [0.15, 0.2) is 11.5 Å². The number of rotatable bonds is 9. The number of carbonyl (C=O) groups is 1. The predicted octanol–water partition coefficient (Wildman–Crippen LogP) is 3.91. The highest BCUT2D eigenvalue weighted by Crippen LogP contribution is 2.29. The predicted molar refractivity (Wildman–Crippen MR) is 102 cm³/mol. The SMILES string of the molecule is CCOc1ccc(CCC(=O)NC(C)c2ccc(OC)c(OC)c2)cc1. The van der Waals surface area contributed by atoms with Crippen LogP contribution in [0.3, 0.4) is 0 Å². The maximum absolute atomic E-state index is 12.3. The van der Waals surface area contributed by atoms with E-state index >= 15 is 0 Å². The van der Waals surface area contributed by atoms with Crippen molar-refractivity contribution in [3.05, 3.63) is 53.6 Å². The normalized spacial score (nSPS) is 11.5. The molecule has 1 amide bonds. The maximum atomic E-state index is 12.3. The van der Waals surface area contributed by atoms with E-state index in [1.165, 1.54) is 0 Å². The Hall–Kier alpha value is -2.69. The molecule has 0 heterocycles. The highest BCUT2D eigenvalue weighted by molar-refractivity contribution is 5.76. The van der Waals surface area contributed by atoms with Crippen LogP contribution in [0.15, 0.2) is 42.5 Å². The van der Waals surface area contributed by atoms with Crippen molar-refractivity contribution in [2.75, 3.05) is 20.8 Å². The molecular weight excluding hydrogens is 330 g/mol. The summed E-state index contributed by atoms with van der Waals surface area (Å²) < 4.78 is 16.0. The minimum Gasteiger partial charge on any atom is -0.494 e. The van der Waals surface area contributed by atoms with Crippen molar-refractivity contribution in [1.82, 2.24) is 5.32 Å². The van der Waals surface area contributed by atoms with Gasteiger partial charge < -0.3 is 19.5 Å². The molecule has 1 atom stereocenters. The molecule has 0 fully saturated rings. The van der Waals surface area contributed by atoms with Crippen LogP contribution in [-0.2, 0) is 11.2 Å². The summed E-state index contributed by atoms with van der Waals surface area (Å²) in [5.74, 6) is 2.19. The van der Waals surface area contributed by atoms with Crippen molar-refractivity contribution in [2.45, 2.75) is 32.7 Å². The zero-order chi connectivity index (χ0) is 18.9. The number of amides is 1. The van der Waals surface area contributed by atoms with Gasteiger partial charge in [-0.2, -0.15) is 0 Å². The third-order valence-electron chi connectivity index (χ3n) is 4.16. The van der Waals surface area contributed by atoms with Crippen LogP contribution in [-0.4, -0.2) is 26.7 Å². The van der Waals surface area contributed by atoms with Crippen molar-refractivity contribution < 1.29 is 19.0 Å². The Labute approximate surface area is 155 Å². The molecule has 5 heteroatoms. The van der Waals surface area contributed by atoms with Gasteiger partial charge in [-0.1, -0.05) is 18.2 Å². The molecule has 1 unspecified atom stereocenters. The third-order valence-corrected chi connectivity index (χ3v) is 4.16. The summed E-state index contributed by atoms with van der Waals surface area (Å²) in [4.78, 5) is 12.3. The molecule has 26 heavy (non-hydrogen) atoms. The molecule has 0 aliphatic heterocycles. The zero-order valence-corrected chi connectivity index (χ0v) is 15.9. The maximum Gasteiger partial charge on any atom is 0.220 e. The van der Waals surface area contributed by atoms with E-state index in [4.69, 9.17) is 14.2 Å². The van der Waals surface area contributed by atoms with E-state index in [0.29, 0.717) is 30.9 Å². The van der Waals surface area contributed by atoms with E-state index in [1.807, 2.05) is 56.3 Å². The van der Waals surface area contributed by atoms with Crippen LogP contribution >= 0.6 is 0 Å². The first-order valence-electron chi connectivity index (χ1n) is 8.80. The number of aryl methyl sites for hydroxylation is 1. The summed E-state index contributed by atoms with van der Waals surface area (Å²) in [5.41, 5.74) is 2.08. The topological polar surface area (TPSA) is 56.8 Å². The standard InChI is InChI=1S/C21H27NO4/c1-5-26-18-10-6-16(7-11-18)8-13-21(23)22-15(2)17-9-12-19(24-3)20(14-17)25-4/h6-7,9-12,14-15H,5,8,13H2,1-4H3,(H,22,23). The largest absolute Gasteiger partial charge is 0.494 e. The number of benzene rings is 2. The molecule has 5 nitrogen and oxygen atoms in total. The average molecular weight is 357 g/mol. The van der Waals surface area contributed by atoms with Gasteiger partial charge >= 0.3 is 0 Å². The fraction of sp³-hybridized carbons (Fsp3) is 0.381. The van der Waals surface area contributed by atoms with Gasteiger partial charge in [-0.3, -0.25) is 4.79 Å². The number of nitrogens with one attached hydrogen (secondary N) is 1. The minimum atomic E-state index is -0.109. The Morgan fingerprint density at radius 3 is 2.35 bits per heavy atom. The van der Waals surface area contributed by atoms with Crippen molar-refractivity contribution in [1.29, 1.82) is 0 Å². The summed E-state index contributed by atoms with van der Waals surface area (Å²) in [7, 11) is 3.20. The van der Waals surface area contributed by atoms with E-state index in [9.17, 15) is 4.79 Å². The second-order valence-electron chi connectivity index (χ2n) is 5.98. The van der Waals surface area contributed by atoms with E-state index in [1.54, 1.807) is 14.2 Å². The van der Waals surface area contributed by atoms with E-state index in [-0.39, 0.29) is 11.9 Å². The molecule has 0 bridgehead atoms. The van der Waals surface area contributed by atoms with Crippen molar-refractivity contribution in [3.63, 3.8) is 0 Å². The van der Waals surface area contributed by atoms with Crippen LogP contribution in [0.2, 0.25) is 0 Å². The first-order valence-corrected chi connectivity index (χ1v) is 8.80. The van der Waals surface area contributed by atoms with Gasteiger partial charge in [0.05, 0.1) is 26.9 Å². The first-order chi connectivity index (χ1) is 12.6. The van der Waals surface area contributed by atoms with Gasteiger partial charge in [0, 0.05) is 6.42 Å². The second-order valence-corrected chi connectivity index (χ2v) is 5.98. The monoisotopic (exact) mass is 357 g/mol. The van der Waals surface area contributed by atoms with Crippen molar-refractivity contribution >= 4 is 5.91 Å². The van der Waals surface area contributed by atoms with Crippen LogP contribution in [0.25, 0.3) is 0 Å². The van der Waals surface area contributed by atoms with Gasteiger partial charge in [0.1, 0.15) is 5.75 Å². The first kappa shape index (κ1) is 19.6. The quantitative estimate of drug-likeness (QED) is 0.739. The molecule has 0 saturated heterocycles. The minimum absolute atomic E-state index is 0.0150. The molecule has 2 rings (SSSR count). The fourth-order valence-corrected chi connectivity index (χ4v) is 2.70. The van der Waals surface area contributed by atoms with Crippen LogP contribution < -0.4 is 19.5 Å². The lowest BCUT2D eigenvalue weighted by atomic mass is 10.1. The summed E-state index contributed by atoms with van der Waals surface area (Å²) in [6.07, 6.45) is 1.13. The Kier molecular flexibility index (Phi) is 7.33. The van der Waals surface area contributed by atoms with Gasteiger partial charge in [-0.15, -0.1) is 0 Å². The highest BCUT2D eigenvalue weighted by Gasteiger charge is 2.13. The van der Waals surface area contributed by atoms with Crippen LogP contribution in [0.1, 0.15) is 37.4 Å². The summed E-state index contributed by atoms with van der Waals surface area (Å²) in [6.45, 7) is 4.56. The molecule has 0 aliphatic rings. The Balaban J connectivity index is 1.88. The molecule has 2 aromatic carbocycles. The lowest BCUT2D eigenvalue weighted by Crippen LogP contribution is -2.26. The number of methoxy groups -OCH3 is 2. The summed E-state index contributed by atoms with van der Waals surface area (Å²) >= 11 is 0. The molecular formula is C21H27NO4. The Morgan fingerprint density at radius 1 is 1.04 bits per heavy atom. The van der Waals surface area contributed by atoms with Crippen LogP contribution in [0.4, 0.5) is 0 Å². The van der Waals surface area contributed by atoms with Gasteiger partial charge in [0.2, 0.25) is 5.91 Å². The van der Waals surface area contributed by atoms with Crippen molar-refractivity contribution in [2.24, 2.45) is 0 Å². The molecule has 0 radical (unpaired) electrons. The zero-order valence-electron chi connectivity index (χ0n) is 15.9. The molecule has 0 aliphatic carbocycles. The molecule has 0 spiro atoms. The Bertz CT molecular complexity index is 712. The lowest BCUT2D eigenvalue weighted by Gasteiger charge is -2.16. The third kappa shape index (κ3) is 5.41. The van der Waals surface area contributed by atoms with E-state index in [2.05, 4.69) is 5.32 Å². The van der Waals surface area contributed by atoms with Gasteiger partial charge in [-0.25, -0.2) is 0 Å². The number of carbonyl (C=O) groups excluding carboxylic acids is 1. The van der Waals surface area contributed by atoms with Crippen molar-refractivity contribution in [3.8, 4) is 17.2 Å².